The van der Waals surface area contributed by atoms with Gasteiger partial charge in [-0.05, 0) is 48.3 Å². The van der Waals surface area contributed by atoms with Gasteiger partial charge in [0.15, 0.2) is 0 Å². The number of aromatic nitrogens is 2. The summed E-state index contributed by atoms with van der Waals surface area (Å²) in [6.45, 7) is 2.52. The molecule has 0 bridgehead atoms. The number of benzene rings is 3. The number of amides is 1. The van der Waals surface area contributed by atoms with Gasteiger partial charge in [-0.15, -0.1) is 5.10 Å². The van der Waals surface area contributed by atoms with Crippen LogP contribution in [-0.2, 0) is 6.61 Å². The van der Waals surface area contributed by atoms with Crippen molar-refractivity contribution in [2.75, 3.05) is 5.32 Å². The van der Waals surface area contributed by atoms with Crippen molar-refractivity contribution in [2.45, 2.75) is 13.5 Å². The lowest BCUT2D eigenvalue weighted by atomic mass is 10.1. The molecular formula is C23H19N3O2S. The van der Waals surface area contributed by atoms with E-state index in [0.29, 0.717) is 22.9 Å². The predicted octanol–water partition coefficient (Wildman–Crippen LogP) is 5.34. The lowest BCUT2D eigenvalue weighted by molar-refractivity contribution is 0.103. The summed E-state index contributed by atoms with van der Waals surface area (Å²) >= 11 is 1.09. The Morgan fingerprint density at radius 1 is 0.966 bits per heavy atom. The van der Waals surface area contributed by atoms with E-state index < -0.39 is 0 Å². The second-order valence-electron chi connectivity index (χ2n) is 6.57. The van der Waals surface area contributed by atoms with Crippen LogP contribution in [-0.4, -0.2) is 15.5 Å². The lowest BCUT2D eigenvalue weighted by Gasteiger charge is -2.08. The molecule has 0 aliphatic carbocycles. The van der Waals surface area contributed by atoms with Crippen molar-refractivity contribution < 1.29 is 9.53 Å². The van der Waals surface area contributed by atoms with Crippen LogP contribution in [0.3, 0.4) is 0 Å². The maximum atomic E-state index is 12.7. The number of aryl methyl sites for hydroxylation is 1. The van der Waals surface area contributed by atoms with Gasteiger partial charge in [0.25, 0.3) is 5.91 Å². The molecule has 3 aromatic carbocycles. The molecule has 1 heterocycles. The van der Waals surface area contributed by atoms with Gasteiger partial charge >= 0.3 is 0 Å². The Morgan fingerprint density at radius 2 is 1.69 bits per heavy atom. The summed E-state index contributed by atoms with van der Waals surface area (Å²) in [5.41, 5.74) is 4.41. The molecule has 5 nitrogen and oxygen atoms in total. The average Bonchev–Trinajstić information content (AvgIpc) is 3.25. The van der Waals surface area contributed by atoms with Gasteiger partial charge in [-0.2, -0.15) is 0 Å². The molecule has 4 aromatic rings. The molecule has 1 N–H and O–H groups in total. The standard InChI is InChI=1S/C23H19N3O2S/c1-16-7-9-18(10-8-16)21-22(29-26-25-21)23(27)24-19-11-13-20(14-12-19)28-15-17-5-3-2-4-6-17/h2-14H,15H2,1H3,(H,24,27). The highest BCUT2D eigenvalue weighted by Gasteiger charge is 2.18. The Morgan fingerprint density at radius 3 is 2.41 bits per heavy atom. The second-order valence-corrected chi connectivity index (χ2v) is 7.32. The van der Waals surface area contributed by atoms with Crippen LogP contribution in [0.1, 0.15) is 20.8 Å². The molecule has 0 radical (unpaired) electrons. The number of ether oxygens (including phenoxy) is 1. The monoisotopic (exact) mass is 401 g/mol. The van der Waals surface area contributed by atoms with E-state index in [1.54, 1.807) is 0 Å². The van der Waals surface area contributed by atoms with Crippen LogP contribution in [0.4, 0.5) is 5.69 Å². The molecule has 6 heteroatoms. The summed E-state index contributed by atoms with van der Waals surface area (Å²) < 4.78 is 9.74. The van der Waals surface area contributed by atoms with Gasteiger partial charge in [-0.25, -0.2) is 0 Å². The van der Waals surface area contributed by atoms with E-state index in [9.17, 15) is 4.79 Å². The number of carbonyl (C=O) groups excluding carboxylic acids is 1. The fourth-order valence-electron chi connectivity index (χ4n) is 2.80. The van der Waals surface area contributed by atoms with Crippen molar-refractivity contribution in [2.24, 2.45) is 0 Å². The highest BCUT2D eigenvalue weighted by atomic mass is 32.1. The SMILES string of the molecule is Cc1ccc(-c2nnsc2C(=O)Nc2ccc(OCc3ccccc3)cc2)cc1. The third-order valence-electron chi connectivity index (χ3n) is 4.38. The fourth-order valence-corrected chi connectivity index (χ4v) is 3.39. The summed E-state index contributed by atoms with van der Waals surface area (Å²) in [6.07, 6.45) is 0. The predicted molar refractivity (Wildman–Crippen MR) is 115 cm³/mol. The summed E-state index contributed by atoms with van der Waals surface area (Å²) in [6, 6.07) is 25.2. The van der Waals surface area contributed by atoms with Gasteiger partial charge < -0.3 is 10.1 Å². The van der Waals surface area contributed by atoms with Crippen LogP contribution in [0, 0.1) is 6.92 Å². The van der Waals surface area contributed by atoms with E-state index in [1.807, 2.05) is 85.8 Å². The van der Waals surface area contributed by atoms with E-state index in [1.165, 1.54) is 0 Å². The number of anilines is 1. The highest BCUT2D eigenvalue weighted by molar-refractivity contribution is 7.08. The minimum Gasteiger partial charge on any atom is -0.489 e. The number of hydrogen-bond acceptors (Lipinski definition) is 5. The normalized spacial score (nSPS) is 10.5. The lowest BCUT2D eigenvalue weighted by Crippen LogP contribution is -2.11. The minimum absolute atomic E-state index is 0.228. The Hall–Kier alpha value is -3.51. The molecule has 0 saturated heterocycles. The number of carbonyl (C=O) groups is 1. The van der Waals surface area contributed by atoms with Gasteiger partial charge in [-0.1, -0.05) is 64.6 Å². The van der Waals surface area contributed by atoms with Crippen molar-refractivity contribution in [3.05, 3.63) is 94.9 Å². The summed E-state index contributed by atoms with van der Waals surface area (Å²) in [7, 11) is 0. The molecule has 0 aliphatic rings. The van der Waals surface area contributed by atoms with E-state index in [-0.39, 0.29) is 5.91 Å². The molecule has 144 valence electrons. The Kier molecular flexibility index (Phi) is 5.63. The molecule has 4 rings (SSSR count). The third kappa shape index (κ3) is 4.67. The van der Waals surface area contributed by atoms with E-state index in [0.717, 1.165) is 34.0 Å². The Labute approximate surface area is 173 Å². The Balaban J connectivity index is 1.41. The Bertz CT molecular complexity index is 1090. The van der Waals surface area contributed by atoms with Gasteiger partial charge in [0.1, 0.15) is 22.9 Å². The van der Waals surface area contributed by atoms with Crippen LogP contribution >= 0.6 is 11.5 Å². The molecular weight excluding hydrogens is 382 g/mol. The second kappa shape index (κ2) is 8.67. The number of hydrogen-bond donors (Lipinski definition) is 1. The molecule has 1 amide bonds. The summed E-state index contributed by atoms with van der Waals surface area (Å²) in [5.74, 6) is 0.514. The maximum Gasteiger partial charge on any atom is 0.269 e. The topological polar surface area (TPSA) is 64.1 Å². The van der Waals surface area contributed by atoms with Crippen molar-refractivity contribution in [3.8, 4) is 17.0 Å². The first-order valence-corrected chi connectivity index (χ1v) is 9.94. The number of nitrogens with zero attached hydrogens (tertiary/aromatic N) is 2. The van der Waals surface area contributed by atoms with Gasteiger partial charge in [0.05, 0.1) is 0 Å². The van der Waals surface area contributed by atoms with Gasteiger partial charge in [0, 0.05) is 11.3 Å². The molecule has 0 spiro atoms. The smallest absolute Gasteiger partial charge is 0.269 e. The van der Waals surface area contributed by atoms with Gasteiger partial charge in [-0.3, -0.25) is 4.79 Å². The van der Waals surface area contributed by atoms with Gasteiger partial charge in [0.2, 0.25) is 0 Å². The van der Waals surface area contributed by atoms with Crippen LogP contribution in [0.2, 0.25) is 0 Å². The highest BCUT2D eigenvalue weighted by Crippen LogP contribution is 2.25. The average molecular weight is 401 g/mol. The largest absolute Gasteiger partial charge is 0.489 e. The zero-order valence-corrected chi connectivity index (χ0v) is 16.6. The van der Waals surface area contributed by atoms with E-state index in [2.05, 4.69) is 14.9 Å². The van der Waals surface area contributed by atoms with Crippen molar-refractivity contribution in [1.29, 1.82) is 0 Å². The first-order valence-electron chi connectivity index (χ1n) is 9.16. The van der Waals surface area contributed by atoms with E-state index in [4.69, 9.17) is 4.74 Å². The quantitative estimate of drug-likeness (QED) is 0.473. The number of rotatable bonds is 6. The van der Waals surface area contributed by atoms with Crippen molar-refractivity contribution in [1.82, 2.24) is 9.59 Å². The molecule has 29 heavy (non-hydrogen) atoms. The molecule has 0 aliphatic heterocycles. The minimum atomic E-state index is -0.228. The summed E-state index contributed by atoms with van der Waals surface area (Å²) in [4.78, 5) is 13.2. The van der Waals surface area contributed by atoms with E-state index >= 15 is 0 Å². The van der Waals surface area contributed by atoms with Crippen LogP contribution in [0.5, 0.6) is 5.75 Å². The third-order valence-corrected chi connectivity index (χ3v) is 5.10. The van der Waals surface area contributed by atoms with Crippen molar-refractivity contribution >= 4 is 23.1 Å². The number of nitrogens with one attached hydrogen (secondary N) is 1. The summed E-state index contributed by atoms with van der Waals surface area (Å²) in [5, 5.41) is 7.04. The molecule has 0 unspecified atom stereocenters. The zero-order chi connectivity index (χ0) is 20.1. The molecule has 0 fully saturated rings. The maximum absolute atomic E-state index is 12.7. The van der Waals surface area contributed by atoms with Crippen molar-refractivity contribution in [3.63, 3.8) is 0 Å². The molecule has 0 atom stereocenters. The zero-order valence-electron chi connectivity index (χ0n) is 15.8. The van der Waals surface area contributed by atoms with Crippen LogP contribution in [0.25, 0.3) is 11.3 Å². The first-order chi connectivity index (χ1) is 14.2. The fraction of sp³-hybridized carbons (Fsp3) is 0.0870. The van der Waals surface area contributed by atoms with Crippen LogP contribution < -0.4 is 10.1 Å². The molecule has 1 aromatic heterocycles. The first kappa shape index (κ1) is 18.8. The molecule has 0 saturated carbocycles. The van der Waals surface area contributed by atoms with Crippen LogP contribution in [0.15, 0.2) is 78.9 Å².